The molecule has 0 radical (unpaired) electrons. The molecule has 0 bridgehead atoms. The molecule has 0 aliphatic carbocycles. The largest absolute Gasteiger partial charge is 0.325 e. The van der Waals surface area contributed by atoms with E-state index in [-0.39, 0.29) is 5.92 Å². The van der Waals surface area contributed by atoms with Crippen molar-refractivity contribution in [2.75, 3.05) is 11.5 Å². The molecule has 1 atom stereocenters. The van der Waals surface area contributed by atoms with Gasteiger partial charge in [-0.15, -0.1) is 11.3 Å². The number of sulfone groups is 1. The lowest BCUT2D eigenvalue weighted by Gasteiger charge is -2.02. The first-order valence-electron chi connectivity index (χ1n) is 4.93. The lowest BCUT2D eigenvalue weighted by Crippen LogP contribution is -2.07. The van der Waals surface area contributed by atoms with Gasteiger partial charge in [-0.25, -0.2) is 13.4 Å². The Morgan fingerprint density at radius 1 is 1.60 bits per heavy atom. The van der Waals surface area contributed by atoms with E-state index in [9.17, 15) is 8.42 Å². The van der Waals surface area contributed by atoms with Gasteiger partial charge in [-0.2, -0.15) is 0 Å². The van der Waals surface area contributed by atoms with Gasteiger partial charge in [0.15, 0.2) is 9.84 Å². The van der Waals surface area contributed by atoms with E-state index in [1.54, 1.807) is 11.3 Å². The first-order valence-corrected chi connectivity index (χ1v) is 7.63. The van der Waals surface area contributed by atoms with Crippen molar-refractivity contribution in [1.82, 2.24) is 4.98 Å². The van der Waals surface area contributed by atoms with Crippen LogP contribution in [0.2, 0.25) is 0 Å². The van der Waals surface area contributed by atoms with E-state index < -0.39 is 9.84 Å². The molecule has 2 heterocycles. The average molecular weight is 246 g/mol. The maximum atomic E-state index is 11.3. The summed E-state index contributed by atoms with van der Waals surface area (Å²) in [5.41, 5.74) is 6.36. The minimum atomic E-state index is -2.76. The van der Waals surface area contributed by atoms with Crippen molar-refractivity contribution in [1.29, 1.82) is 0 Å². The van der Waals surface area contributed by atoms with Crippen LogP contribution in [0.25, 0.3) is 0 Å². The molecule has 15 heavy (non-hydrogen) atoms. The molecule has 1 unspecified atom stereocenters. The van der Waals surface area contributed by atoms with Crippen molar-refractivity contribution in [3.8, 4) is 0 Å². The van der Waals surface area contributed by atoms with Crippen LogP contribution >= 0.6 is 11.3 Å². The zero-order chi connectivity index (χ0) is 10.9. The van der Waals surface area contributed by atoms with Gasteiger partial charge in [0, 0.05) is 18.3 Å². The molecule has 0 aromatic carbocycles. The van der Waals surface area contributed by atoms with E-state index in [2.05, 4.69) is 4.98 Å². The van der Waals surface area contributed by atoms with E-state index >= 15 is 0 Å². The molecule has 2 N–H and O–H groups in total. The number of rotatable bonds is 3. The summed E-state index contributed by atoms with van der Waals surface area (Å²) in [7, 11) is -2.76. The van der Waals surface area contributed by atoms with Crippen LogP contribution < -0.4 is 5.73 Å². The molecule has 0 amide bonds. The molecule has 84 valence electrons. The molecule has 4 nitrogen and oxygen atoms in total. The number of thiazole rings is 1. The van der Waals surface area contributed by atoms with E-state index in [4.69, 9.17) is 5.73 Å². The number of hydrogen-bond acceptors (Lipinski definition) is 5. The van der Waals surface area contributed by atoms with E-state index in [0.29, 0.717) is 18.1 Å². The highest BCUT2D eigenvalue weighted by molar-refractivity contribution is 7.91. The molecule has 1 aliphatic rings. The third-order valence-corrected chi connectivity index (χ3v) is 5.36. The quantitative estimate of drug-likeness (QED) is 0.846. The molecule has 1 fully saturated rings. The Morgan fingerprint density at radius 2 is 2.40 bits per heavy atom. The minimum Gasteiger partial charge on any atom is -0.325 e. The highest BCUT2D eigenvalue weighted by Crippen LogP contribution is 2.24. The minimum absolute atomic E-state index is 0.256. The predicted octanol–water partition coefficient (Wildman–Crippen LogP) is 0.579. The van der Waals surface area contributed by atoms with Gasteiger partial charge in [0.1, 0.15) is 0 Å². The Morgan fingerprint density at radius 3 is 2.93 bits per heavy atom. The van der Waals surface area contributed by atoms with Crippen molar-refractivity contribution in [2.24, 2.45) is 11.7 Å². The second kappa shape index (κ2) is 4.19. The molecule has 6 heteroatoms. The zero-order valence-electron chi connectivity index (χ0n) is 8.35. The molecule has 1 saturated heterocycles. The highest BCUT2D eigenvalue weighted by Gasteiger charge is 2.28. The smallest absolute Gasteiger partial charge is 0.150 e. The molecule has 1 aromatic heterocycles. The van der Waals surface area contributed by atoms with Crippen molar-refractivity contribution in [3.63, 3.8) is 0 Å². The second-order valence-corrected chi connectivity index (χ2v) is 7.08. The van der Waals surface area contributed by atoms with Gasteiger partial charge < -0.3 is 5.73 Å². The van der Waals surface area contributed by atoms with Gasteiger partial charge >= 0.3 is 0 Å². The van der Waals surface area contributed by atoms with Crippen LogP contribution in [0.5, 0.6) is 0 Å². The summed E-state index contributed by atoms with van der Waals surface area (Å²) in [6, 6.07) is 0. The number of nitrogens with zero attached hydrogens (tertiary/aromatic N) is 1. The fourth-order valence-corrected chi connectivity index (χ4v) is 4.60. The van der Waals surface area contributed by atoms with E-state index in [1.165, 1.54) is 0 Å². The van der Waals surface area contributed by atoms with Crippen molar-refractivity contribution < 1.29 is 8.42 Å². The number of aromatic nitrogens is 1. The summed E-state index contributed by atoms with van der Waals surface area (Å²) in [6.45, 7) is 0.458. The van der Waals surface area contributed by atoms with Crippen LogP contribution in [-0.2, 0) is 22.8 Å². The lowest BCUT2D eigenvalue weighted by atomic mass is 10.1. The van der Waals surface area contributed by atoms with Gasteiger partial charge in [-0.05, 0) is 12.3 Å². The zero-order valence-corrected chi connectivity index (χ0v) is 9.98. The molecular formula is C9H14N2O2S2. The summed E-state index contributed by atoms with van der Waals surface area (Å²) >= 11 is 1.58. The summed E-state index contributed by atoms with van der Waals surface area (Å²) in [5.74, 6) is 0.920. The van der Waals surface area contributed by atoms with E-state index in [0.717, 1.165) is 23.5 Å². The number of nitrogens with two attached hydrogens (primary N) is 1. The molecular weight excluding hydrogens is 232 g/mol. The normalized spacial score (nSPS) is 24.5. The van der Waals surface area contributed by atoms with Gasteiger partial charge in [0.05, 0.1) is 22.2 Å². The average Bonchev–Trinajstić information content (AvgIpc) is 2.73. The molecule has 1 aromatic rings. The van der Waals surface area contributed by atoms with Crippen LogP contribution in [0.3, 0.4) is 0 Å². The van der Waals surface area contributed by atoms with Crippen molar-refractivity contribution in [2.45, 2.75) is 19.4 Å². The molecule has 0 spiro atoms. The third-order valence-electron chi connectivity index (χ3n) is 2.60. The Bertz CT molecular complexity index is 439. The molecule has 1 aliphatic heterocycles. The monoisotopic (exact) mass is 246 g/mol. The fourth-order valence-electron chi connectivity index (χ4n) is 1.82. The van der Waals surface area contributed by atoms with Gasteiger partial charge in [-0.1, -0.05) is 0 Å². The topological polar surface area (TPSA) is 73.1 Å². The lowest BCUT2D eigenvalue weighted by molar-refractivity contribution is 0.581. The van der Waals surface area contributed by atoms with Gasteiger partial charge in [0.25, 0.3) is 0 Å². The fraction of sp³-hybridized carbons (Fsp3) is 0.667. The van der Waals surface area contributed by atoms with Gasteiger partial charge in [0.2, 0.25) is 0 Å². The van der Waals surface area contributed by atoms with E-state index in [1.807, 2.05) is 5.38 Å². The Hall–Kier alpha value is -0.460. The van der Waals surface area contributed by atoms with Crippen molar-refractivity contribution >= 4 is 21.2 Å². The Kier molecular flexibility index (Phi) is 3.08. The maximum Gasteiger partial charge on any atom is 0.150 e. The standard InChI is InChI=1S/C9H14N2O2S2/c10-4-8-5-14-9(11-8)3-7-1-2-15(12,13)6-7/h5,7H,1-4,6,10H2. The summed E-state index contributed by atoms with van der Waals surface area (Å²) in [5, 5.41) is 2.95. The van der Waals surface area contributed by atoms with Crippen LogP contribution in [0.4, 0.5) is 0 Å². The first kappa shape index (κ1) is 11.0. The second-order valence-electron chi connectivity index (χ2n) is 3.91. The number of hydrogen-bond donors (Lipinski definition) is 1. The van der Waals surface area contributed by atoms with Gasteiger partial charge in [-0.3, -0.25) is 0 Å². The highest BCUT2D eigenvalue weighted by atomic mass is 32.2. The van der Waals surface area contributed by atoms with Crippen LogP contribution in [-0.4, -0.2) is 24.9 Å². The Labute approximate surface area is 93.4 Å². The SMILES string of the molecule is NCc1csc(CC2CCS(=O)(=O)C2)n1. The summed E-state index contributed by atoms with van der Waals surface area (Å²) < 4.78 is 22.5. The Balaban J connectivity index is 1.98. The van der Waals surface area contributed by atoms with Crippen LogP contribution in [0.1, 0.15) is 17.1 Å². The summed E-state index contributed by atoms with van der Waals surface area (Å²) in [4.78, 5) is 4.34. The maximum absolute atomic E-state index is 11.3. The first-order chi connectivity index (χ1) is 7.09. The van der Waals surface area contributed by atoms with Crippen LogP contribution in [0.15, 0.2) is 5.38 Å². The third kappa shape index (κ3) is 2.76. The molecule has 2 rings (SSSR count). The summed E-state index contributed by atoms with van der Waals surface area (Å²) in [6.07, 6.45) is 1.56. The molecule has 0 saturated carbocycles. The van der Waals surface area contributed by atoms with Crippen molar-refractivity contribution in [3.05, 3.63) is 16.1 Å². The predicted molar refractivity (Wildman–Crippen MR) is 60.5 cm³/mol. The van der Waals surface area contributed by atoms with Crippen LogP contribution in [0, 0.1) is 5.92 Å².